The molecular formula is C9H15NO3. The molecule has 2 atom stereocenters. The standard InChI is InChI=1S/C9H15NO3/c1-6-3-2-4-7(6)10-8(11)5-9(12)13/h6-7H,2-5H2,1H3,(H,10,11)(H,12,13). The lowest BCUT2D eigenvalue weighted by Gasteiger charge is -2.16. The topological polar surface area (TPSA) is 66.4 Å². The summed E-state index contributed by atoms with van der Waals surface area (Å²) in [7, 11) is 0. The van der Waals surface area contributed by atoms with Crippen LogP contribution in [0.4, 0.5) is 0 Å². The van der Waals surface area contributed by atoms with Gasteiger partial charge >= 0.3 is 5.97 Å². The summed E-state index contributed by atoms with van der Waals surface area (Å²) in [5, 5.41) is 11.1. The van der Waals surface area contributed by atoms with E-state index in [0.717, 1.165) is 19.3 Å². The lowest BCUT2D eigenvalue weighted by Crippen LogP contribution is -2.37. The summed E-state index contributed by atoms with van der Waals surface area (Å²) >= 11 is 0. The summed E-state index contributed by atoms with van der Waals surface area (Å²) in [6, 6.07) is 0.187. The largest absolute Gasteiger partial charge is 0.481 e. The van der Waals surface area contributed by atoms with Crippen LogP contribution in [0.2, 0.25) is 0 Å². The predicted octanol–water partition coefficient (Wildman–Crippen LogP) is 0.766. The van der Waals surface area contributed by atoms with Crippen molar-refractivity contribution in [3.05, 3.63) is 0 Å². The minimum absolute atomic E-state index is 0.187. The minimum Gasteiger partial charge on any atom is -0.481 e. The smallest absolute Gasteiger partial charge is 0.312 e. The molecule has 0 radical (unpaired) electrons. The highest BCUT2D eigenvalue weighted by Gasteiger charge is 2.24. The molecule has 1 rings (SSSR count). The summed E-state index contributed by atoms with van der Waals surface area (Å²) in [5.74, 6) is -0.952. The number of aliphatic carboxylic acids is 1. The lowest BCUT2D eigenvalue weighted by molar-refractivity contribution is -0.140. The zero-order chi connectivity index (χ0) is 9.84. The quantitative estimate of drug-likeness (QED) is 0.638. The Morgan fingerprint density at radius 2 is 2.15 bits per heavy atom. The highest BCUT2D eigenvalue weighted by molar-refractivity contribution is 5.93. The van der Waals surface area contributed by atoms with Crippen LogP contribution in [-0.4, -0.2) is 23.0 Å². The van der Waals surface area contributed by atoms with Gasteiger partial charge in [-0.15, -0.1) is 0 Å². The number of hydrogen-bond donors (Lipinski definition) is 2. The van der Waals surface area contributed by atoms with Crippen LogP contribution in [-0.2, 0) is 9.59 Å². The van der Waals surface area contributed by atoms with E-state index in [9.17, 15) is 9.59 Å². The summed E-state index contributed by atoms with van der Waals surface area (Å²) in [6.07, 6.45) is 2.81. The molecule has 1 amide bonds. The third-order valence-electron chi connectivity index (χ3n) is 2.52. The SMILES string of the molecule is CC1CCCC1NC(=O)CC(=O)O. The Morgan fingerprint density at radius 1 is 1.46 bits per heavy atom. The van der Waals surface area contributed by atoms with E-state index in [4.69, 9.17) is 5.11 Å². The van der Waals surface area contributed by atoms with E-state index in [-0.39, 0.29) is 11.9 Å². The highest BCUT2D eigenvalue weighted by atomic mass is 16.4. The van der Waals surface area contributed by atoms with E-state index in [1.54, 1.807) is 0 Å². The number of carbonyl (C=O) groups excluding carboxylic acids is 1. The average Bonchev–Trinajstić information content (AvgIpc) is 2.34. The summed E-state index contributed by atoms with van der Waals surface area (Å²) in [5.41, 5.74) is 0. The fourth-order valence-corrected chi connectivity index (χ4v) is 1.76. The van der Waals surface area contributed by atoms with Crippen LogP contribution in [0.3, 0.4) is 0 Å². The number of carbonyl (C=O) groups is 2. The molecule has 13 heavy (non-hydrogen) atoms. The van der Waals surface area contributed by atoms with Gasteiger partial charge in [-0.3, -0.25) is 9.59 Å². The van der Waals surface area contributed by atoms with E-state index >= 15 is 0 Å². The van der Waals surface area contributed by atoms with Crippen molar-refractivity contribution in [1.82, 2.24) is 5.32 Å². The van der Waals surface area contributed by atoms with Crippen molar-refractivity contribution in [2.24, 2.45) is 5.92 Å². The first-order valence-corrected chi connectivity index (χ1v) is 4.60. The minimum atomic E-state index is -1.07. The third kappa shape index (κ3) is 3.05. The normalized spacial score (nSPS) is 27.2. The highest BCUT2D eigenvalue weighted by Crippen LogP contribution is 2.24. The van der Waals surface area contributed by atoms with Crippen LogP contribution in [0, 0.1) is 5.92 Å². The Morgan fingerprint density at radius 3 is 2.62 bits per heavy atom. The third-order valence-corrected chi connectivity index (χ3v) is 2.52. The van der Waals surface area contributed by atoms with Crippen molar-refractivity contribution in [3.63, 3.8) is 0 Å². The van der Waals surface area contributed by atoms with Crippen LogP contribution in [0.5, 0.6) is 0 Å². The molecule has 4 heteroatoms. The summed E-state index contributed by atoms with van der Waals surface area (Å²) < 4.78 is 0. The monoisotopic (exact) mass is 185 g/mol. The van der Waals surface area contributed by atoms with Crippen LogP contribution < -0.4 is 5.32 Å². The molecule has 0 aliphatic heterocycles. The second-order valence-electron chi connectivity index (χ2n) is 3.65. The average molecular weight is 185 g/mol. The van der Waals surface area contributed by atoms with Crippen molar-refractivity contribution in [3.8, 4) is 0 Å². The van der Waals surface area contributed by atoms with Crippen molar-refractivity contribution >= 4 is 11.9 Å². The molecule has 1 fully saturated rings. The van der Waals surface area contributed by atoms with E-state index < -0.39 is 12.4 Å². The van der Waals surface area contributed by atoms with Crippen LogP contribution in [0.25, 0.3) is 0 Å². The second-order valence-corrected chi connectivity index (χ2v) is 3.65. The van der Waals surface area contributed by atoms with E-state index in [1.165, 1.54) is 0 Å². The predicted molar refractivity (Wildman–Crippen MR) is 47.2 cm³/mol. The maximum absolute atomic E-state index is 11.1. The number of rotatable bonds is 3. The Hall–Kier alpha value is -1.06. The van der Waals surface area contributed by atoms with E-state index in [1.807, 2.05) is 0 Å². The number of hydrogen-bond acceptors (Lipinski definition) is 2. The summed E-state index contributed by atoms with van der Waals surface area (Å²) in [4.78, 5) is 21.3. The Kier molecular flexibility index (Phi) is 3.28. The molecule has 0 bridgehead atoms. The molecule has 1 aliphatic carbocycles. The fraction of sp³-hybridized carbons (Fsp3) is 0.778. The van der Waals surface area contributed by atoms with Gasteiger partial charge in [0.2, 0.25) is 5.91 Å². The molecule has 0 spiro atoms. The van der Waals surface area contributed by atoms with Crippen LogP contribution >= 0.6 is 0 Å². The number of nitrogens with one attached hydrogen (secondary N) is 1. The van der Waals surface area contributed by atoms with Gasteiger partial charge in [0.05, 0.1) is 0 Å². The van der Waals surface area contributed by atoms with Gasteiger partial charge in [-0.2, -0.15) is 0 Å². The summed E-state index contributed by atoms with van der Waals surface area (Å²) in [6.45, 7) is 2.08. The van der Waals surface area contributed by atoms with Gasteiger partial charge in [0, 0.05) is 6.04 Å². The number of carboxylic acid groups (broad SMARTS) is 1. The van der Waals surface area contributed by atoms with Crippen LogP contribution in [0.1, 0.15) is 32.6 Å². The molecule has 0 aromatic heterocycles. The van der Waals surface area contributed by atoms with E-state index in [2.05, 4.69) is 12.2 Å². The molecule has 1 aliphatic rings. The zero-order valence-corrected chi connectivity index (χ0v) is 7.75. The molecule has 1 saturated carbocycles. The van der Waals surface area contributed by atoms with Crippen molar-refractivity contribution < 1.29 is 14.7 Å². The number of carboxylic acids is 1. The van der Waals surface area contributed by atoms with Gasteiger partial charge in [0.25, 0.3) is 0 Å². The number of amides is 1. The Bertz CT molecular complexity index is 215. The van der Waals surface area contributed by atoms with Gasteiger partial charge in [-0.25, -0.2) is 0 Å². The maximum atomic E-state index is 11.1. The van der Waals surface area contributed by atoms with Crippen LogP contribution in [0.15, 0.2) is 0 Å². The first-order valence-electron chi connectivity index (χ1n) is 4.60. The first-order chi connectivity index (χ1) is 6.09. The molecule has 2 N–H and O–H groups in total. The van der Waals surface area contributed by atoms with Gasteiger partial charge in [-0.05, 0) is 18.8 Å². The fourth-order valence-electron chi connectivity index (χ4n) is 1.76. The van der Waals surface area contributed by atoms with E-state index in [0.29, 0.717) is 5.92 Å². The first kappa shape index (κ1) is 10.0. The molecule has 2 unspecified atom stereocenters. The van der Waals surface area contributed by atoms with Gasteiger partial charge < -0.3 is 10.4 Å². The molecule has 0 heterocycles. The lowest BCUT2D eigenvalue weighted by atomic mass is 10.1. The molecule has 0 aromatic rings. The van der Waals surface area contributed by atoms with Crippen molar-refractivity contribution in [1.29, 1.82) is 0 Å². The molecular weight excluding hydrogens is 170 g/mol. The zero-order valence-electron chi connectivity index (χ0n) is 7.75. The Labute approximate surface area is 77.3 Å². The van der Waals surface area contributed by atoms with Crippen molar-refractivity contribution in [2.75, 3.05) is 0 Å². The van der Waals surface area contributed by atoms with Gasteiger partial charge in [0.1, 0.15) is 6.42 Å². The second kappa shape index (κ2) is 4.25. The maximum Gasteiger partial charge on any atom is 0.312 e. The van der Waals surface area contributed by atoms with Gasteiger partial charge in [0.15, 0.2) is 0 Å². The molecule has 4 nitrogen and oxygen atoms in total. The molecule has 74 valence electrons. The molecule has 0 aromatic carbocycles. The van der Waals surface area contributed by atoms with Gasteiger partial charge in [-0.1, -0.05) is 13.3 Å². The van der Waals surface area contributed by atoms with Crippen molar-refractivity contribution in [2.45, 2.75) is 38.6 Å². The molecule has 0 saturated heterocycles. The Balaban J connectivity index is 2.31.